The van der Waals surface area contributed by atoms with Crippen LogP contribution in [0.2, 0.25) is 0 Å². The molecule has 1 atom stereocenters. The third-order valence-electron chi connectivity index (χ3n) is 3.79. The number of benzene rings is 1. The molecule has 1 unspecified atom stereocenters. The van der Waals surface area contributed by atoms with E-state index in [1.807, 2.05) is 29.1 Å². The van der Waals surface area contributed by atoms with Crippen molar-refractivity contribution in [2.75, 3.05) is 20.1 Å². The van der Waals surface area contributed by atoms with E-state index in [4.69, 9.17) is 0 Å². The molecule has 0 radical (unpaired) electrons. The Bertz CT molecular complexity index is 514. The average molecular weight is 256 g/mol. The Morgan fingerprint density at radius 3 is 2.89 bits per heavy atom. The second-order valence-corrected chi connectivity index (χ2v) is 5.13. The summed E-state index contributed by atoms with van der Waals surface area (Å²) >= 11 is 0. The molecule has 1 fully saturated rings. The van der Waals surface area contributed by atoms with Gasteiger partial charge in [0.05, 0.1) is 11.4 Å². The van der Waals surface area contributed by atoms with Gasteiger partial charge < -0.3 is 5.32 Å². The van der Waals surface area contributed by atoms with Gasteiger partial charge in [0.25, 0.3) is 0 Å². The van der Waals surface area contributed by atoms with Crippen LogP contribution in [0.3, 0.4) is 0 Å². The number of rotatable bonds is 4. The summed E-state index contributed by atoms with van der Waals surface area (Å²) in [5, 5.41) is 7.86. The van der Waals surface area contributed by atoms with Crippen LogP contribution in [0.4, 0.5) is 0 Å². The number of likely N-dealkylation sites (N-methyl/N-ethyl adjacent to an activating group) is 1. The van der Waals surface area contributed by atoms with Gasteiger partial charge in [-0.25, -0.2) is 4.68 Å². The monoisotopic (exact) mass is 256 g/mol. The molecule has 1 aromatic heterocycles. The average Bonchev–Trinajstić information content (AvgIpc) is 3.11. The third kappa shape index (κ3) is 2.69. The van der Waals surface area contributed by atoms with E-state index in [1.54, 1.807) is 0 Å². The van der Waals surface area contributed by atoms with Crippen molar-refractivity contribution >= 4 is 0 Å². The number of nitrogens with zero attached hydrogens (tertiary/aromatic N) is 3. The third-order valence-corrected chi connectivity index (χ3v) is 3.79. The van der Waals surface area contributed by atoms with Crippen molar-refractivity contribution in [3.8, 4) is 5.69 Å². The molecule has 2 aromatic rings. The van der Waals surface area contributed by atoms with Gasteiger partial charge in [0.1, 0.15) is 0 Å². The largest absolute Gasteiger partial charge is 0.315 e. The summed E-state index contributed by atoms with van der Waals surface area (Å²) in [4.78, 5) is 2.41. The summed E-state index contributed by atoms with van der Waals surface area (Å²) in [5.41, 5.74) is 2.36. The van der Waals surface area contributed by atoms with Crippen LogP contribution in [0.25, 0.3) is 5.69 Å². The molecule has 2 heterocycles. The van der Waals surface area contributed by atoms with Crippen LogP contribution in [-0.4, -0.2) is 40.9 Å². The van der Waals surface area contributed by atoms with E-state index in [2.05, 4.69) is 40.6 Å². The molecule has 1 saturated heterocycles. The Kier molecular flexibility index (Phi) is 3.62. The molecular weight excluding hydrogens is 236 g/mol. The molecular formula is C15H20N4. The first-order chi connectivity index (χ1) is 9.34. The summed E-state index contributed by atoms with van der Waals surface area (Å²) in [7, 11) is 2.19. The standard InChI is InChI=1S/C15H20N4/c1-18(14-7-9-16-11-14)12-15-8-10-17-19(15)13-5-3-2-4-6-13/h2-6,8,10,14,16H,7,9,11-12H2,1H3. The van der Waals surface area contributed by atoms with Gasteiger partial charge in [-0.15, -0.1) is 0 Å². The van der Waals surface area contributed by atoms with Gasteiger partial charge in [-0.3, -0.25) is 4.90 Å². The first kappa shape index (κ1) is 12.4. The first-order valence-corrected chi connectivity index (χ1v) is 6.84. The van der Waals surface area contributed by atoms with Gasteiger partial charge >= 0.3 is 0 Å². The molecule has 4 nitrogen and oxygen atoms in total. The van der Waals surface area contributed by atoms with Gasteiger partial charge in [-0.1, -0.05) is 18.2 Å². The van der Waals surface area contributed by atoms with E-state index in [1.165, 1.54) is 12.1 Å². The summed E-state index contributed by atoms with van der Waals surface area (Å²) in [6.45, 7) is 3.16. The maximum atomic E-state index is 4.44. The zero-order valence-electron chi connectivity index (χ0n) is 11.3. The Hall–Kier alpha value is -1.65. The molecule has 3 rings (SSSR count). The fraction of sp³-hybridized carbons (Fsp3) is 0.400. The lowest BCUT2D eigenvalue weighted by Gasteiger charge is -2.23. The number of hydrogen-bond acceptors (Lipinski definition) is 3. The number of para-hydroxylation sites is 1. The highest BCUT2D eigenvalue weighted by atomic mass is 15.3. The molecule has 1 aliphatic heterocycles. The van der Waals surface area contributed by atoms with Crippen molar-refractivity contribution < 1.29 is 0 Å². The second kappa shape index (κ2) is 5.55. The molecule has 0 saturated carbocycles. The smallest absolute Gasteiger partial charge is 0.0649 e. The van der Waals surface area contributed by atoms with Crippen molar-refractivity contribution in [2.45, 2.75) is 19.0 Å². The Labute approximate surface area is 114 Å². The predicted octanol–water partition coefficient (Wildman–Crippen LogP) is 1.67. The molecule has 4 heteroatoms. The highest BCUT2D eigenvalue weighted by Crippen LogP contribution is 2.14. The molecule has 1 aromatic carbocycles. The maximum absolute atomic E-state index is 4.44. The van der Waals surface area contributed by atoms with Gasteiger partial charge in [-0.05, 0) is 38.2 Å². The Morgan fingerprint density at radius 1 is 1.32 bits per heavy atom. The van der Waals surface area contributed by atoms with Gasteiger partial charge in [0.15, 0.2) is 0 Å². The van der Waals surface area contributed by atoms with Gasteiger partial charge in [-0.2, -0.15) is 5.10 Å². The predicted molar refractivity (Wildman–Crippen MR) is 76.3 cm³/mol. The lowest BCUT2D eigenvalue weighted by atomic mass is 10.2. The van der Waals surface area contributed by atoms with Crippen LogP contribution in [0.1, 0.15) is 12.1 Å². The van der Waals surface area contributed by atoms with E-state index in [0.717, 1.165) is 25.3 Å². The van der Waals surface area contributed by atoms with Crippen LogP contribution in [0.15, 0.2) is 42.6 Å². The van der Waals surface area contributed by atoms with Crippen LogP contribution in [0, 0.1) is 0 Å². The fourth-order valence-electron chi connectivity index (χ4n) is 2.65. The highest BCUT2D eigenvalue weighted by Gasteiger charge is 2.20. The molecule has 0 bridgehead atoms. The lowest BCUT2D eigenvalue weighted by molar-refractivity contribution is 0.244. The van der Waals surface area contributed by atoms with Gasteiger partial charge in [0, 0.05) is 25.3 Å². The normalized spacial score (nSPS) is 19.2. The van der Waals surface area contributed by atoms with Crippen LogP contribution in [0.5, 0.6) is 0 Å². The Balaban J connectivity index is 1.77. The maximum Gasteiger partial charge on any atom is 0.0649 e. The number of nitrogens with one attached hydrogen (secondary N) is 1. The SMILES string of the molecule is CN(Cc1ccnn1-c1ccccc1)C1CCNC1. The van der Waals surface area contributed by atoms with E-state index in [9.17, 15) is 0 Å². The molecule has 19 heavy (non-hydrogen) atoms. The van der Waals surface area contributed by atoms with Crippen LogP contribution in [-0.2, 0) is 6.54 Å². The van der Waals surface area contributed by atoms with Crippen molar-refractivity contribution in [3.05, 3.63) is 48.3 Å². The minimum absolute atomic E-state index is 0.638. The van der Waals surface area contributed by atoms with E-state index in [0.29, 0.717) is 6.04 Å². The fourth-order valence-corrected chi connectivity index (χ4v) is 2.65. The van der Waals surface area contributed by atoms with Crippen molar-refractivity contribution in [1.82, 2.24) is 20.0 Å². The zero-order valence-corrected chi connectivity index (χ0v) is 11.3. The summed E-state index contributed by atoms with van der Waals surface area (Å²) in [6, 6.07) is 13.0. The summed E-state index contributed by atoms with van der Waals surface area (Å²) < 4.78 is 2.03. The first-order valence-electron chi connectivity index (χ1n) is 6.84. The second-order valence-electron chi connectivity index (χ2n) is 5.13. The van der Waals surface area contributed by atoms with Crippen molar-refractivity contribution in [3.63, 3.8) is 0 Å². The number of hydrogen-bond donors (Lipinski definition) is 1. The minimum Gasteiger partial charge on any atom is -0.315 e. The molecule has 100 valence electrons. The summed E-state index contributed by atoms with van der Waals surface area (Å²) in [5.74, 6) is 0. The molecule has 0 amide bonds. The van der Waals surface area contributed by atoms with Crippen LogP contribution >= 0.6 is 0 Å². The quantitative estimate of drug-likeness (QED) is 0.903. The molecule has 1 aliphatic rings. The Morgan fingerprint density at radius 2 is 2.16 bits per heavy atom. The molecule has 1 N–H and O–H groups in total. The van der Waals surface area contributed by atoms with E-state index in [-0.39, 0.29) is 0 Å². The molecule has 0 spiro atoms. The number of aromatic nitrogens is 2. The molecule has 0 aliphatic carbocycles. The van der Waals surface area contributed by atoms with Gasteiger partial charge in [0.2, 0.25) is 0 Å². The summed E-state index contributed by atoms with van der Waals surface area (Å²) in [6.07, 6.45) is 3.11. The lowest BCUT2D eigenvalue weighted by Crippen LogP contribution is -2.33. The van der Waals surface area contributed by atoms with E-state index < -0.39 is 0 Å². The van der Waals surface area contributed by atoms with Crippen LogP contribution < -0.4 is 5.32 Å². The highest BCUT2D eigenvalue weighted by molar-refractivity contribution is 5.32. The van der Waals surface area contributed by atoms with E-state index >= 15 is 0 Å². The topological polar surface area (TPSA) is 33.1 Å². The van der Waals surface area contributed by atoms with Crippen molar-refractivity contribution in [2.24, 2.45) is 0 Å². The van der Waals surface area contributed by atoms with Crippen molar-refractivity contribution in [1.29, 1.82) is 0 Å². The zero-order chi connectivity index (χ0) is 13.1. The minimum atomic E-state index is 0.638.